The zero-order chi connectivity index (χ0) is 23.0. The Morgan fingerprint density at radius 2 is 1.72 bits per heavy atom. The van der Waals surface area contributed by atoms with Crippen LogP contribution in [0.5, 0.6) is 5.75 Å². The Morgan fingerprint density at radius 1 is 1.00 bits per heavy atom. The summed E-state index contributed by atoms with van der Waals surface area (Å²) in [6, 6.07) is 14.9. The fourth-order valence-electron chi connectivity index (χ4n) is 4.14. The molecule has 1 amide bonds. The van der Waals surface area contributed by atoms with Gasteiger partial charge in [-0.3, -0.25) is 9.59 Å². The van der Waals surface area contributed by atoms with Gasteiger partial charge in [-0.15, -0.1) is 0 Å². The minimum absolute atomic E-state index is 0.0207. The molecule has 0 aliphatic heterocycles. The minimum Gasteiger partial charge on any atom is -0.497 e. The summed E-state index contributed by atoms with van der Waals surface area (Å²) in [5.41, 5.74) is 0.893. The van der Waals surface area contributed by atoms with Crippen LogP contribution in [0.4, 0.5) is 4.39 Å². The molecule has 0 radical (unpaired) electrons. The molecule has 1 fully saturated rings. The zero-order valence-corrected chi connectivity index (χ0v) is 18.9. The topological polar surface area (TPSA) is 55.8 Å². The average Bonchev–Trinajstić information content (AvgIpc) is 3.62. The number of halogens is 1. The Bertz CT molecular complexity index is 911. The van der Waals surface area contributed by atoms with E-state index in [9.17, 15) is 14.0 Å². The average molecular weight is 442 g/mol. The molecule has 1 aliphatic rings. The molecule has 0 unspecified atom stereocenters. The van der Waals surface area contributed by atoms with Gasteiger partial charge in [-0.1, -0.05) is 36.4 Å². The molecule has 1 aliphatic carbocycles. The summed E-state index contributed by atoms with van der Waals surface area (Å²) < 4.78 is 24.6. The first-order valence-corrected chi connectivity index (χ1v) is 11.2. The normalized spacial score (nSPS) is 14.0. The van der Waals surface area contributed by atoms with Gasteiger partial charge in [0.05, 0.1) is 19.6 Å². The highest BCUT2D eigenvalue weighted by molar-refractivity contribution is 5.91. The van der Waals surface area contributed by atoms with Gasteiger partial charge in [0.25, 0.3) is 0 Å². The van der Waals surface area contributed by atoms with Crippen LogP contribution in [0.25, 0.3) is 0 Å². The van der Waals surface area contributed by atoms with E-state index in [1.807, 2.05) is 23.1 Å². The third-order valence-electron chi connectivity index (χ3n) is 6.16. The first-order chi connectivity index (χ1) is 15.5. The molecule has 0 spiro atoms. The molecule has 0 aromatic heterocycles. The van der Waals surface area contributed by atoms with Gasteiger partial charge in [0.2, 0.25) is 5.91 Å². The Labute approximate surface area is 189 Å². The van der Waals surface area contributed by atoms with Crippen LogP contribution in [0.2, 0.25) is 0 Å². The Kier molecular flexibility index (Phi) is 8.26. The Hall–Kier alpha value is -2.89. The second-order valence-corrected chi connectivity index (χ2v) is 8.34. The molecule has 2 aromatic rings. The van der Waals surface area contributed by atoms with Crippen LogP contribution in [-0.4, -0.2) is 44.1 Å². The number of unbranched alkanes of at least 4 members (excludes halogenated alkanes) is 1. The number of esters is 1. The van der Waals surface area contributed by atoms with E-state index in [0.29, 0.717) is 56.5 Å². The van der Waals surface area contributed by atoms with Crippen LogP contribution in [0, 0.1) is 5.82 Å². The van der Waals surface area contributed by atoms with Crippen molar-refractivity contribution < 1.29 is 23.5 Å². The number of hydrogen-bond acceptors (Lipinski definition) is 4. The van der Waals surface area contributed by atoms with Gasteiger partial charge in [0, 0.05) is 31.1 Å². The molecule has 1 saturated carbocycles. The predicted molar refractivity (Wildman–Crippen MR) is 121 cm³/mol. The monoisotopic (exact) mass is 441 g/mol. The summed E-state index contributed by atoms with van der Waals surface area (Å²) in [4.78, 5) is 26.9. The van der Waals surface area contributed by atoms with Gasteiger partial charge in [0.15, 0.2) is 0 Å². The maximum atomic E-state index is 14.8. The van der Waals surface area contributed by atoms with Crippen molar-refractivity contribution in [1.29, 1.82) is 0 Å². The molecule has 5 nitrogen and oxygen atoms in total. The lowest BCUT2D eigenvalue weighted by Gasteiger charge is -2.28. The maximum Gasteiger partial charge on any atom is 0.305 e. The number of benzene rings is 2. The largest absolute Gasteiger partial charge is 0.497 e. The van der Waals surface area contributed by atoms with Crippen LogP contribution in [0.1, 0.15) is 49.7 Å². The Balaban J connectivity index is 1.69. The van der Waals surface area contributed by atoms with Crippen molar-refractivity contribution in [2.24, 2.45) is 0 Å². The fraction of sp³-hybridized carbons (Fsp3) is 0.462. The van der Waals surface area contributed by atoms with Crippen molar-refractivity contribution >= 4 is 11.9 Å². The van der Waals surface area contributed by atoms with E-state index in [-0.39, 0.29) is 11.9 Å². The number of ether oxygens (including phenoxy) is 2. The lowest BCUT2D eigenvalue weighted by molar-refractivity contribution is -0.140. The van der Waals surface area contributed by atoms with Crippen LogP contribution in [0.3, 0.4) is 0 Å². The quantitative estimate of drug-likeness (QED) is 0.355. The van der Waals surface area contributed by atoms with Gasteiger partial charge >= 0.3 is 5.97 Å². The van der Waals surface area contributed by atoms with E-state index in [1.54, 1.807) is 12.1 Å². The predicted octanol–water partition coefficient (Wildman–Crippen LogP) is 4.67. The summed E-state index contributed by atoms with van der Waals surface area (Å²) in [6.45, 7) is 1.15. The number of aryl methyl sites for hydroxylation is 1. The van der Waals surface area contributed by atoms with Gasteiger partial charge in [-0.2, -0.15) is 0 Å². The molecule has 32 heavy (non-hydrogen) atoms. The number of methoxy groups -OCH3 is 2. The van der Waals surface area contributed by atoms with E-state index in [1.165, 1.54) is 25.8 Å². The van der Waals surface area contributed by atoms with Gasteiger partial charge in [0.1, 0.15) is 11.6 Å². The summed E-state index contributed by atoms with van der Waals surface area (Å²) in [5, 5.41) is 0. The Morgan fingerprint density at radius 3 is 2.34 bits per heavy atom. The molecule has 6 heteroatoms. The lowest BCUT2D eigenvalue weighted by Crippen LogP contribution is -2.41. The van der Waals surface area contributed by atoms with Crippen LogP contribution < -0.4 is 4.74 Å². The fourth-order valence-corrected chi connectivity index (χ4v) is 4.14. The highest BCUT2D eigenvalue weighted by atomic mass is 19.1. The van der Waals surface area contributed by atoms with Gasteiger partial charge in [-0.25, -0.2) is 4.39 Å². The summed E-state index contributed by atoms with van der Waals surface area (Å²) in [5.74, 6) is -0.222. The first-order valence-electron chi connectivity index (χ1n) is 11.2. The van der Waals surface area contributed by atoms with Crippen molar-refractivity contribution in [1.82, 2.24) is 4.90 Å². The zero-order valence-electron chi connectivity index (χ0n) is 18.9. The van der Waals surface area contributed by atoms with E-state index < -0.39 is 11.2 Å². The van der Waals surface area contributed by atoms with E-state index in [0.717, 1.165) is 12.8 Å². The summed E-state index contributed by atoms with van der Waals surface area (Å²) in [7, 11) is 2.87. The molecule has 172 valence electrons. The van der Waals surface area contributed by atoms with E-state index >= 15 is 0 Å². The highest BCUT2D eigenvalue weighted by Crippen LogP contribution is 2.51. The number of hydrogen-bond donors (Lipinski definition) is 0. The molecule has 2 aromatic carbocycles. The molecule has 3 rings (SSSR count). The van der Waals surface area contributed by atoms with Crippen LogP contribution in [-0.2, 0) is 26.2 Å². The second-order valence-electron chi connectivity index (χ2n) is 8.34. The number of carbonyl (C=O) groups is 2. The smallest absolute Gasteiger partial charge is 0.305 e. The standard InChI is InChI=1S/C26H32FNO4/c1-31-21-13-14-22(23(27)19-21)26(15-16-26)25(30)28(17-7-6-12-24(29)32-2)18-8-11-20-9-4-3-5-10-20/h3-5,9-10,13-14,19H,6-8,11-12,15-18H2,1-2H3. The van der Waals surface area contributed by atoms with Crippen LogP contribution >= 0.6 is 0 Å². The van der Waals surface area contributed by atoms with E-state index in [2.05, 4.69) is 12.1 Å². The lowest BCUT2D eigenvalue weighted by atomic mass is 9.93. The highest BCUT2D eigenvalue weighted by Gasteiger charge is 2.54. The number of rotatable bonds is 12. The third-order valence-corrected chi connectivity index (χ3v) is 6.16. The summed E-state index contributed by atoms with van der Waals surface area (Å²) >= 11 is 0. The van der Waals surface area contributed by atoms with Gasteiger partial charge in [-0.05, 0) is 50.2 Å². The van der Waals surface area contributed by atoms with Crippen molar-refractivity contribution in [3.05, 3.63) is 65.5 Å². The molecular weight excluding hydrogens is 409 g/mol. The molecule has 0 bridgehead atoms. The molecule has 0 N–H and O–H groups in total. The molecule has 0 saturated heterocycles. The maximum absolute atomic E-state index is 14.8. The molecule has 0 atom stereocenters. The number of carbonyl (C=O) groups excluding carboxylic acids is 2. The van der Waals surface area contributed by atoms with Crippen molar-refractivity contribution in [3.8, 4) is 5.75 Å². The van der Waals surface area contributed by atoms with Crippen LogP contribution in [0.15, 0.2) is 48.5 Å². The van der Waals surface area contributed by atoms with Crippen molar-refractivity contribution in [2.45, 2.75) is 50.4 Å². The van der Waals surface area contributed by atoms with Gasteiger partial charge < -0.3 is 14.4 Å². The van der Waals surface area contributed by atoms with E-state index in [4.69, 9.17) is 9.47 Å². The second kappa shape index (κ2) is 11.1. The SMILES string of the molecule is COC(=O)CCCCN(CCCc1ccccc1)C(=O)C1(c2ccc(OC)cc2F)CC1. The van der Waals surface area contributed by atoms with Crippen molar-refractivity contribution in [2.75, 3.05) is 27.3 Å². The summed E-state index contributed by atoms with van der Waals surface area (Å²) in [6.07, 6.45) is 4.68. The first kappa shape index (κ1) is 23.8. The molecular formula is C26H32FNO4. The third kappa shape index (κ3) is 5.87. The number of amides is 1. The molecule has 0 heterocycles. The van der Waals surface area contributed by atoms with Crippen molar-refractivity contribution in [3.63, 3.8) is 0 Å². The number of nitrogens with zero attached hydrogens (tertiary/aromatic N) is 1. The minimum atomic E-state index is -0.786.